The van der Waals surface area contributed by atoms with Gasteiger partial charge in [0.2, 0.25) is 0 Å². The quantitative estimate of drug-likeness (QED) is 0.515. The Morgan fingerprint density at radius 3 is 2.29 bits per heavy atom. The zero-order valence-electron chi connectivity index (χ0n) is 11.1. The zero-order valence-corrected chi connectivity index (χ0v) is 14.9. The van der Waals surface area contributed by atoms with E-state index in [1.54, 1.807) is 12.1 Å². The first-order valence-corrected chi connectivity index (χ1v) is 8.57. The molecule has 0 saturated heterocycles. The molecular formula is C16H13BrCl3F. The normalized spacial score (nSPS) is 11.7. The van der Waals surface area contributed by atoms with Crippen molar-refractivity contribution < 1.29 is 4.39 Å². The van der Waals surface area contributed by atoms with Gasteiger partial charge in [-0.05, 0) is 35.7 Å². The van der Waals surface area contributed by atoms with Gasteiger partial charge in [0.05, 0.1) is 5.02 Å². The Morgan fingerprint density at radius 2 is 1.71 bits per heavy atom. The standard InChI is InChI=1S/C16H13BrCl3F/c17-13-4-2-1-3-12(13)16(9-18,10-19)8-11-5-6-15(21)14(20)7-11/h1-7H,8-10H2. The van der Waals surface area contributed by atoms with Crippen molar-refractivity contribution in [3.8, 4) is 0 Å². The summed E-state index contributed by atoms with van der Waals surface area (Å²) in [7, 11) is 0. The van der Waals surface area contributed by atoms with Crippen molar-refractivity contribution >= 4 is 50.7 Å². The number of benzene rings is 2. The van der Waals surface area contributed by atoms with Gasteiger partial charge in [0, 0.05) is 21.6 Å². The van der Waals surface area contributed by atoms with Gasteiger partial charge in [-0.25, -0.2) is 4.39 Å². The molecule has 2 aromatic rings. The molecule has 112 valence electrons. The summed E-state index contributed by atoms with van der Waals surface area (Å²) >= 11 is 21.9. The zero-order chi connectivity index (χ0) is 15.5. The minimum absolute atomic E-state index is 0.109. The second-order valence-electron chi connectivity index (χ2n) is 4.95. The molecule has 0 unspecified atom stereocenters. The number of hydrogen-bond acceptors (Lipinski definition) is 0. The summed E-state index contributed by atoms with van der Waals surface area (Å²) in [5, 5.41) is 0.109. The Morgan fingerprint density at radius 1 is 1.05 bits per heavy atom. The van der Waals surface area contributed by atoms with E-state index in [0.717, 1.165) is 15.6 Å². The highest BCUT2D eigenvalue weighted by atomic mass is 79.9. The van der Waals surface area contributed by atoms with E-state index in [1.807, 2.05) is 24.3 Å². The van der Waals surface area contributed by atoms with E-state index < -0.39 is 11.2 Å². The first-order valence-electron chi connectivity index (χ1n) is 6.33. The number of hydrogen-bond donors (Lipinski definition) is 0. The number of halogens is 5. The van der Waals surface area contributed by atoms with E-state index in [-0.39, 0.29) is 5.02 Å². The van der Waals surface area contributed by atoms with Gasteiger partial charge in [0.15, 0.2) is 0 Å². The molecular weight excluding hydrogens is 397 g/mol. The molecule has 0 aliphatic rings. The van der Waals surface area contributed by atoms with Crippen molar-refractivity contribution in [1.82, 2.24) is 0 Å². The first kappa shape index (κ1) is 17.1. The molecule has 21 heavy (non-hydrogen) atoms. The topological polar surface area (TPSA) is 0 Å². The van der Waals surface area contributed by atoms with Crippen LogP contribution >= 0.6 is 50.7 Å². The number of rotatable bonds is 5. The third-order valence-corrected chi connectivity index (χ3v) is 5.49. The molecule has 0 radical (unpaired) electrons. The van der Waals surface area contributed by atoms with E-state index in [0.29, 0.717) is 18.2 Å². The van der Waals surface area contributed by atoms with E-state index >= 15 is 0 Å². The predicted octanol–water partition coefficient (Wildman–Crippen LogP) is 6.20. The largest absolute Gasteiger partial charge is 0.205 e. The third kappa shape index (κ3) is 3.73. The van der Waals surface area contributed by atoms with Gasteiger partial charge in [-0.15, -0.1) is 23.2 Å². The second kappa shape index (κ2) is 7.32. The molecule has 0 heterocycles. The molecule has 0 bridgehead atoms. The van der Waals surface area contributed by atoms with Gasteiger partial charge in [-0.3, -0.25) is 0 Å². The lowest BCUT2D eigenvalue weighted by Crippen LogP contribution is -2.33. The molecule has 0 amide bonds. The highest BCUT2D eigenvalue weighted by molar-refractivity contribution is 9.10. The summed E-state index contributed by atoms with van der Waals surface area (Å²) in [6.45, 7) is 0. The first-order chi connectivity index (χ1) is 10.0. The lowest BCUT2D eigenvalue weighted by molar-refractivity contribution is 0.532. The van der Waals surface area contributed by atoms with E-state index in [9.17, 15) is 4.39 Å². The van der Waals surface area contributed by atoms with Crippen LogP contribution in [0, 0.1) is 5.82 Å². The highest BCUT2D eigenvalue weighted by Gasteiger charge is 2.32. The van der Waals surface area contributed by atoms with E-state index in [2.05, 4.69) is 15.9 Å². The van der Waals surface area contributed by atoms with Crippen molar-refractivity contribution in [2.75, 3.05) is 11.8 Å². The van der Waals surface area contributed by atoms with Crippen molar-refractivity contribution in [3.05, 3.63) is 68.9 Å². The fraction of sp³-hybridized carbons (Fsp3) is 0.250. The number of alkyl halides is 2. The van der Waals surface area contributed by atoms with Crippen LogP contribution in [-0.2, 0) is 11.8 Å². The Balaban J connectivity index is 2.43. The Kier molecular flexibility index (Phi) is 5.96. The van der Waals surface area contributed by atoms with E-state index in [1.165, 1.54) is 6.07 Å². The smallest absolute Gasteiger partial charge is 0.141 e. The molecule has 0 N–H and O–H groups in total. The highest BCUT2D eigenvalue weighted by Crippen LogP contribution is 2.36. The molecule has 0 atom stereocenters. The molecule has 2 aromatic carbocycles. The molecule has 0 saturated carbocycles. The van der Waals surface area contributed by atoms with Crippen LogP contribution in [0.5, 0.6) is 0 Å². The molecule has 0 spiro atoms. The van der Waals surface area contributed by atoms with Crippen LogP contribution in [0.2, 0.25) is 5.02 Å². The van der Waals surface area contributed by atoms with Crippen LogP contribution < -0.4 is 0 Å². The average Bonchev–Trinajstić information content (AvgIpc) is 2.49. The van der Waals surface area contributed by atoms with Crippen molar-refractivity contribution in [2.24, 2.45) is 0 Å². The summed E-state index contributed by atoms with van der Waals surface area (Å²) in [5.74, 6) is 0.283. The summed E-state index contributed by atoms with van der Waals surface area (Å²) in [6, 6.07) is 12.6. The molecule has 2 rings (SSSR count). The lowest BCUT2D eigenvalue weighted by Gasteiger charge is -2.31. The SMILES string of the molecule is Fc1ccc(CC(CCl)(CCl)c2ccccc2Br)cc1Cl. The Labute approximate surface area is 147 Å². The van der Waals surface area contributed by atoms with Gasteiger partial charge in [0.25, 0.3) is 0 Å². The van der Waals surface area contributed by atoms with Crippen LogP contribution in [0.3, 0.4) is 0 Å². The van der Waals surface area contributed by atoms with Gasteiger partial charge >= 0.3 is 0 Å². The molecule has 0 aliphatic heterocycles. The maximum Gasteiger partial charge on any atom is 0.141 e. The molecule has 5 heteroatoms. The van der Waals surface area contributed by atoms with Crippen LogP contribution in [0.25, 0.3) is 0 Å². The van der Waals surface area contributed by atoms with Gasteiger partial charge in [-0.2, -0.15) is 0 Å². The van der Waals surface area contributed by atoms with Crippen LogP contribution in [0.1, 0.15) is 11.1 Å². The predicted molar refractivity (Wildman–Crippen MR) is 92.4 cm³/mol. The van der Waals surface area contributed by atoms with E-state index in [4.69, 9.17) is 34.8 Å². The maximum absolute atomic E-state index is 13.3. The van der Waals surface area contributed by atoms with Crippen molar-refractivity contribution in [1.29, 1.82) is 0 Å². The summed E-state index contributed by atoms with van der Waals surface area (Å²) < 4.78 is 14.2. The minimum Gasteiger partial charge on any atom is -0.205 e. The molecule has 0 aromatic heterocycles. The maximum atomic E-state index is 13.3. The van der Waals surface area contributed by atoms with Gasteiger partial charge in [-0.1, -0.05) is 51.8 Å². The van der Waals surface area contributed by atoms with Crippen LogP contribution in [-0.4, -0.2) is 11.8 Å². The summed E-state index contributed by atoms with van der Waals surface area (Å²) in [4.78, 5) is 0. The average molecular weight is 411 g/mol. The van der Waals surface area contributed by atoms with Gasteiger partial charge in [0.1, 0.15) is 5.82 Å². The Hall–Kier alpha value is -0.280. The van der Waals surface area contributed by atoms with Crippen LogP contribution in [0.4, 0.5) is 4.39 Å². The fourth-order valence-corrected chi connectivity index (χ4v) is 3.97. The molecule has 0 fully saturated rings. The third-order valence-electron chi connectivity index (χ3n) is 3.48. The molecule has 0 nitrogen and oxygen atoms in total. The minimum atomic E-state index is -0.440. The molecule has 0 aliphatic carbocycles. The van der Waals surface area contributed by atoms with Crippen LogP contribution in [0.15, 0.2) is 46.9 Å². The summed E-state index contributed by atoms with van der Waals surface area (Å²) in [6.07, 6.45) is 0.586. The Bertz CT molecular complexity index is 627. The van der Waals surface area contributed by atoms with Crippen molar-refractivity contribution in [2.45, 2.75) is 11.8 Å². The monoisotopic (exact) mass is 408 g/mol. The van der Waals surface area contributed by atoms with Gasteiger partial charge < -0.3 is 0 Å². The summed E-state index contributed by atoms with van der Waals surface area (Å²) in [5.41, 5.74) is 1.50. The lowest BCUT2D eigenvalue weighted by atomic mass is 9.79. The second-order valence-corrected chi connectivity index (χ2v) is 6.75. The fourth-order valence-electron chi connectivity index (χ4n) is 2.30. The van der Waals surface area contributed by atoms with Crippen molar-refractivity contribution in [3.63, 3.8) is 0 Å².